The van der Waals surface area contributed by atoms with Gasteiger partial charge in [-0.1, -0.05) is 24.3 Å². The number of nitrogens with zero attached hydrogens (tertiary/aromatic N) is 1. The monoisotopic (exact) mass is 356 g/mol. The highest BCUT2D eigenvalue weighted by molar-refractivity contribution is 7.84. The fourth-order valence-corrected chi connectivity index (χ4v) is 2.82. The number of esters is 1. The van der Waals surface area contributed by atoms with Gasteiger partial charge < -0.3 is 10.1 Å². The first-order valence-corrected chi connectivity index (χ1v) is 8.92. The molecule has 2 aromatic rings. The van der Waals surface area contributed by atoms with Gasteiger partial charge in [-0.25, -0.2) is 4.79 Å². The third-order valence-electron chi connectivity index (χ3n) is 3.27. The van der Waals surface area contributed by atoms with Crippen molar-refractivity contribution in [3.8, 4) is 6.07 Å². The van der Waals surface area contributed by atoms with Crippen LogP contribution in [0.25, 0.3) is 0 Å². The SMILES string of the molecule is C[S@](=O)c1ccccc1C(=O)OCC(=O)Nc1ccc(CC#N)cc1. The van der Waals surface area contributed by atoms with Crippen molar-refractivity contribution >= 4 is 28.4 Å². The number of hydrogen-bond acceptors (Lipinski definition) is 5. The Kier molecular flexibility index (Phi) is 6.43. The van der Waals surface area contributed by atoms with Crippen molar-refractivity contribution in [2.75, 3.05) is 18.2 Å². The topological polar surface area (TPSA) is 96.3 Å². The summed E-state index contributed by atoms with van der Waals surface area (Å²) in [6.45, 7) is -0.455. The molecule has 0 aliphatic carbocycles. The molecule has 7 heteroatoms. The molecule has 1 N–H and O–H groups in total. The first-order chi connectivity index (χ1) is 12.0. The van der Waals surface area contributed by atoms with Crippen LogP contribution in [0.3, 0.4) is 0 Å². The van der Waals surface area contributed by atoms with Crippen LogP contribution in [-0.2, 0) is 26.8 Å². The van der Waals surface area contributed by atoms with Crippen molar-refractivity contribution < 1.29 is 18.5 Å². The molecule has 0 aliphatic heterocycles. The number of carbonyl (C=O) groups excluding carboxylic acids is 2. The van der Waals surface area contributed by atoms with Crippen LogP contribution in [0, 0.1) is 11.3 Å². The van der Waals surface area contributed by atoms with Gasteiger partial charge in [0.15, 0.2) is 6.61 Å². The molecule has 0 spiro atoms. The fourth-order valence-electron chi connectivity index (χ4n) is 2.09. The summed E-state index contributed by atoms with van der Waals surface area (Å²) in [5, 5.41) is 11.2. The van der Waals surface area contributed by atoms with E-state index in [2.05, 4.69) is 5.32 Å². The van der Waals surface area contributed by atoms with Crippen molar-refractivity contribution in [2.24, 2.45) is 0 Å². The Morgan fingerprint density at radius 3 is 2.48 bits per heavy atom. The van der Waals surface area contributed by atoms with Gasteiger partial charge in [0, 0.05) is 11.9 Å². The van der Waals surface area contributed by atoms with Gasteiger partial charge >= 0.3 is 5.97 Å². The number of rotatable bonds is 6. The maximum absolute atomic E-state index is 12.1. The van der Waals surface area contributed by atoms with E-state index in [1.54, 1.807) is 42.5 Å². The minimum absolute atomic E-state index is 0.178. The Hall–Kier alpha value is -2.98. The van der Waals surface area contributed by atoms with Gasteiger partial charge in [-0.2, -0.15) is 5.26 Å². The van der Waals surface area contributed by atoms with Crippen molar-refractivity contribution in [3.63, 3.8) is 0 Å². The summed E-state index contributed by atoms with van der Waals surface area (Å²) in [5.41, 5.74) is 1.56. The predicted molar refractivity (Wildman–Crippen MR) is 93.4 cm³/mol. The predicted octanol–water partition coefficient (Wildman–Crippen LogP) is 2.29. The average Bonchev–Trinajstić information content (AvgIpc) is 2.61. The van der Waals surface area contributed by atoms with Crippen molar-refractivity contribution in [1.29, 1.82) is 5.26 Å². The fraction of sp³-hybridized carbons (Fsp3) is 0.167. The standard InChI is InChI=1S/C18H16N2O4S/c1-25(23)16-5-3-2-4-15(16)18(22)24-12-17(21)20-14-8-6-13(7-9-14)10-11-19/h2-9H,10,12H2,1H3,(H,20,21)/t25-/m0/s1. The molecule has 2 aromatic carbocycles. The Labute approximate surface area is 147 Å². The molecule has 6 nitrogen and oxygen atoms in total. The van der Waals surface area contributed by atoms with E-state index in [4.69, 9.17) is 10.00 Å². The molecule has 0 saturated carbocycles. The molecule has 0 fully saturated rings. The lowest BCUT2D eigenvalue weighted by Crippen LogP contribution is -2.21. The van der Waals surface area contributed by atoms with Crippen LogP contribution < -0.4 is 5.32 Å². The second-order valence-corrected chi connectivity index (χ2v) is 6.45. The van der Waals surface area contributed by atoms with Crippen LogP contribution >= 0.6 is 0 Å². The molecule has 0 aromatic heterocycles. The zero-order chi connectivity index (χ0) is 18.2. The summed E-state index contributed by atoms with van der Waals surface area (Å²) in [6, 6.07) is 15.2. The molecule has 0 bridgehead atoms. The normalized spacial score (nSPS) is 11.2. The molecule has 0 heterocycles. The van der Waals surface area contributed by atoms with Gasteiger partial charge in [0.2, 0.25) is 0 Å². The van der Waals surface area contributed by atoms with Crippen molar-refractivity contribution in [1.82, 2.24) is 0 Å². The number of nitriles is 1. The van der Waals surface area contributed by atoms with E-state index in [1.165, 1.54) is 12.3 Å². The summed E-state index contributed by atoms with van der Waals surface area (Å²) < 4.78 is 16.6. The molecule has 0 saturated heterocycles. The lowest BCUT2D eigenvalue weighted by Gasteiger charge is -2.09. The Morgan fingerprint density at radius 2 is 1.84 bits per heavy atom. The van der Waals surface area contributed by atoms with Crippen LogP contribution in [0.1, 0.15) is 15.9 Å². The molecular formula is C18H16N2O4S. The Bertz CT molecular complexity index is 841. The second kappa shape index (κ2) is 8.76. The summed E-state index contributed by atoms with van der Waals surface area (Å²) in [6.07, 6.45) is 1.76. The Balaban J connectivity index is 1.93. The lowest BCUT2D eigenvalue weighted by atomic mass is 10.1. The minimum Gasteiger partial charge on any atom is -0.452 e. The van der Waals surface area contributed by atoms with Gasteiger partial charge in [0.1, 0.15) is 0 Å². The third-order valence-corrected chi connectivity index (χ3v) is 4.25. The number of hydrogen-bond donors (Lipinski definition) is 1. The minimum atomic E-state index is -1.34. The molecule has 25 heavy (non-hydrogen) atoms. The number of amides is 1. The Morgan fingerprint density at radius 1 is 1.16 bits per heavy atom. The smallest absolute Gasteiger partial charge is 0.339 e. The van der Waals surface area contributed by atoms with Crippen molar-refractivity contribution in [2.45, 2.75) is 11.3 Å². The molecule has 128 valence electrons. The first kappa shape index (κ1) is 18.4. The van der Waals surface area contributed by atoms with E-state index >= 15 is 0 Å². The average molecular weight is 356 g/mol. The molecule has 0 radical (unpaired) electrons. The third kappa shape index (κ3) is 5.26. The van der Waals surface area contributed by atoms with Gasteiger partial charge in [-0.3, -0.25) is 9.00 Å². The lowest BCUT2D eigenvalue weighted by molar-refractivity contribution is -0.119. The first-order valence-electron chi connectivity index (χ1n) is 7.36. The largest absolute Gasteiger partial charge is 0.452 e. The molecule has 2 rings (SSSR count). The molecule has 1 atom stereocenters. The van der Waals surface area contributed by atoms with Crippen LogP contribution in [0.4, 0.5) is 5.69 Å². The summed E-state index contributed by atoms with van der Waals surface area (Å²) in [5.74, 6) is -1.19. The second-order valence-electron chi connectivity index (χ2n) is 5.11. The van der Waals surface area contributed by atoms with E-state index in [0.29, 0.717) is 17.0 Å². The van der Waals surface area contributed by atoms with E-state index in [1.807, 2.05) is 6.07 Å². The van der Waals surface area contributed by atoms with E-state index < -0.39 is 29.3 Å². The van der Waals surface area contributed by atoms with Gasteiger partial charge in [-0.05, 0) is 29.8 Å². The number of benzene rings is 2. The van der Waals surface area contributed by atoms with E-state index in [9.17, 15) is 13.8 Å². The van der Waals surface area contributed by atoms with Crippen molar-refractivity contribution in [3.05, 3.63) is 59.7 Å². The van der Waals surface area contributed by atoms with Crippen LogP contribution in [0.15, 0.2) is 53.4 Å². The number of anilines is 1. The zero-order valence-electron chi connectivity index (χ0n) is 13.5. The summed E-state index contributed by atoms with van der Waals surface area (Å²) in [4.78, 5) is 24.3. The summed E-state index contributed by atoms with van der Waals surface area (Å²) >= 11 is 0. The zero-order valence-corrected chi connectivity index (χ0v) is 14.3. The maximum Gasteiger partial charge on any atom is 0.339 e. The van der Waals surface area contributed by atoms with E-state index in [-0.39, 0.29) is 5.56 Å². The molecule has 0 aliphatic rings. The van der Waals surface area contributed by atoms with Crippen LogP contribution in [-0.4, -0.2) is 28.9 Å². The van der Waals surface area contributed by atoms with Gasteiger partial charge in [-0.15, -0.1) is 0 Å². The highest BCUT2D eigenvalue weighted by Gasteiger charge is 2.16. The number of carbonyl (C=O) groups is 2. The molecule has 0 unspecified atom stereocenters. The highest BCUT2D eigenvalue weighted by Crippen LogP contribution is 2.14. The molecule has 1 amide bonds. The highest BCUT2D eigenvalue weighted by atomic mass is 32.2. The van der Waals surface area contributed by atoms with Crippen LogP contribution in [0.2, 0.25) is 0 Å². The van der Waals surface area contributed by atoms with Gasteiger partial charge in [0.05, 0.1) is 33.7 Å². The van der Waals surface area contributed by atoms with E-state index in [0.717, 1.165) is 5.56 Å². The number of nitrogens with one attached hydrogen (secondary N) is 1. The summed E-state index contributed by atoms with van der Waals surface area (Å²) in [7, 11) is -1.34. The van der Waals surface area contributed by atoms with Gasteiger partial charge in [0.25, 0.3) is 5.91 Å². The number of ether oxygens (including phenoxy) is 1. The maximum atomic E-state index is 12.1. The molecular weight excluding hydrogens is 340 g/mol. The van der Waals surface area contributed by atoms with Crippen LogP contribution in [0.5, 0.6) is 0 Å². The quantitative estimate of drug-likeness (QED) is 0.801.